The number of carboxylic acids is 1. The van der Waals surface area contributed by atoms with Crippen molar-refractivity contribution in [1.29, 1.82) is 0 Å². The molecule has 1 N–H and O–H groups in total. The van der Waals surface area contributed by atoms with Crippen LogP contribution < -0.4 is 0 Å². The van der Waals surface area contributed by atoms with Crippen molar-refractivity contribution in [2.45, 2.75) is 39.5 Å². The highest BCUT2D eigenvalue weighted by molar-refractivity contribution is 5.67. The molecule has 17 heavy (non-hydrogen) atoms. The summed E-state index contributed by atoms with van der Waals surface area (Å²) in [5.41, 5.74) is 3.75. The number of hydrogen-bond acceptors (Lipinski definition) is 1. The highest BCUT2D eigenvalue weighted by atomic mass is 16.4. The zero-order chi connectivity index (χ0) is 12.7. The van der Waals surface area contributed by atoms with E-state index in [4.69, 9.17) is 5.11 Å². The van der Waals surface area contributed by atoms with Gasteiger partial charge in [0, 0.05) is 6.42 Å². The molecule has 0 aliphatic rings. The molecule has 0 radical (unpaired) electrons. The van der Waals surface area contributed by atoms with Crippen molar-refractivity contribution in [3.05, 3.63) is 47.0 Å². The van der Waals surface area contributed by atoms with Crippen LogP contribution in [0.1, 0.15) is 37.8 Å². The summed E-state index contributed by atoms with van der Waals surface area (Å²) in [4.78, 5) is 10.4. The number of benzene rings is 1. The van der Waals surface area contributed by atoms with Gasteiger partial charge in [-0.05, 0) is 44.2 Å². The van der Waals surface area contributed by atoms with E-state index in [9.17, 15) is 4.79 Å². The van der Waals surface area contributed by atoms with Crippen LogP contribution in [-0.2, 0) is 17.6 Å². The minimum atomic E-state index is -0.738. The van der Waals surface area contributed by atoms with Crippen LogP contribution in [0.25, 0.3) is 0 Å². The summed E-state index contributed by atoms with van der Waals surface area (Å²) < 4.78 is 0. The fourth-order valence-corrected chi connectivity index (χ4v) is 1.65. The first-order chi connectivity index (χ1) is 8.08. The van der Waals surface area contributed by atoms with Gasteiger partial charge in [-0.1, -0.05) is 35.9 Å². The Balaban J connectivity index is 2.44. The number of rotatable bonds is 6. The molecule has 0 atom stereocenters. The van der Waals surface area contributed by atoms with Crippen LogP contribution in [0.4, 0.5) is 0 Å². The second-order valence-electron chi connectivity index (χ2n) is 4.53. The average Bonchev–Trinajstić information content (AvgIpc) is 2.27. The maximum atomic E-state index is 10.4. The zero-order valence-corrected chi connectivity index (χ0v) is 10.6. The molecule has 0 unspecified atom stereocenters. The van der Waals surface area contributed by atoms with E-state index < -0.39 is 5.97 Å². The van der Waals surface area contributed by atoms with E-state index in [1.54, 1.807) is 0 Å². The predicted octanol–water partition coefficient (Wildman–Crippen LogP) is 3.60. The predicted molar refractivity (Wildman–Crippen MR) is 70.2 cm³/mol. The number of carbonyl (C=O) groups is 1. The molecular weight excluding hydrogens is 212 g/mol. The van der Waals surface area contributed by atoms with E-state index in [1.165, 1.54) is 11.1 Å². The van der Waals surface area contributed by atoms with Crippen molar-refractivity contribution in [1.82, 2.24) is 0 Å². The van der Waals surface area contributed by atoms with E-state index in [1.807, 2.05) is 12.1 Å². The molecule has 0 bridgehead atoms. The fourth-order valence-electron chi connectivity index (χ4n) is 1.65. The Hall–Kier alpha value is -1.57. The normalized spacial score (nSPS) is 10.0. The summed E-state index contributed by atoms with van der Waals surface area (Å²) in [6, 6.07) is 8.24. The van der Waals surface area contributed by atoms with Gasteiger partial charge in [0.25, 0.3) is 0 Å². The number of aliphatic carboxylic acids is 1. The third kappa shape index (κ3) is 5.91. The molecule has 0 aliphatic carbocycles. The van der Waals surface area contributed by atoms with Gasteiger partial charge < -0.3 is 5.11 Å². The number of hydrogen-bond donors (Lipinski definition) is 1. The summed E-state index contributed by atoms with van der Waals surface area (Å²) in [7, 11) is 0. The Labute approximate surface area is 103 Å². The molecule has 0 fully saturated rings. The van der Waals surface area contributed by atoms with Crippen molar-refractivity contribution in [2.75, 3.05) is 0 Å². The van der Waals surface area contributed by atoms with Crippen LogP contribution in [0.2, 0.25) is 0 Å². The first kappa shape index (κ1) is 13.5. The molecular formula is C15H20O2. The summed E-state index contributed by atoms with van der Waals surface area (Å²) in [6.45, 7) is 4.21. The SMILES string of the molecule is CC(C)=CCCc1ccc(CCC(=O)O)cc1. The summed E-state index contributed by atoms with van der Waals surface area (Å²) in [6.07, 6.45) is 5.17. The van der Waals surface area contributed by atoms with Crippen LogP contribution in [0, 0.1) is 0 Å². The summed E-state index contributed by atoms with van der Waals surface area (Å²) >= 11 is 0. The monoisotopic (exact) mass is 232 g/mol. The fraction of sp³-hybridized carbons (Fsp3) is 0.400. The Morgan fingerprint density at radius 2 is 1.65 bits per heavy atom. The molecule has 0 aromatic heterocycles. The number of aryl methyl sites for hydroxylation is 2. The second-order valence-corrected chi connectivity index (χ2v) is 4.53. The molecule has 0 saturated carbocycles. The van der Waals surface area contributed by atoms with Gasteiger partial charge in [-0.15, -0.1) is 0 Å². The van der Waals surface area contributed by atoms with Crippen molar-refractivity contribution in [2.24, 2.45) is 0 Å². The topological polar surface area (TPSA) is 37.3 Å². The molecule has 0 spiro atoms. The Kier molecular flexibility index (Phi) is 5.47. The van der Waals surface area contributed by atoms with E-state index >= 15 is 0 Å². The molecule has 0 saturated heterocycles. The van der Waals surface area contributed by atoms with Gasteiger partial charge in [0.05, 0.1) is 0 Å². The van der Waals surface area contributed by atoms with Crippen molar-refractivity contribution >= 4 is 5.97 Å². The highest BCUT2D eigenvalue weighted by Gasteiger charge is 1.99. The zero-order valence-electron chi connectivity index (χ0n) is 10.6. The lowest BCUT2D eigenvalue weighted by molar-refractivity contribution is -0.136. The highest BCUT2D eigenvalue weighted by Crippen LogP contribution is 2.09. The summed E-state index contributed by atoms with van der Waals surface area (Å²) in [5.74, 6) is -0.738. The largest absolute Gasteiger partial charge is 0.481 e. The molecule has 0 heterocycles. The Morgan fingerprint density at radius 1 is 1.12 bits per heavy atom. The maximum absolute atomic E-state index is 10.4. The quantitative estimate of drug-likeness (QED) is 0.761. The summed E-state index contributed by atoms with van der Waals surface area (Å²) in [5, 5.41) is 8.59. The minimum absolute atomic E-state index is 0.205. The molecule has 92 valence electrons. The van der Waals surface area contributed by atoms with Crippen LogP contribution in [0.3, 0.4) is 0 Å². The van der Waals surface area contributed by atoms with Crippen LogP contribution >= 0.6 is 0 Å². The molecule has 1 rings (SSSR count). The van der Waals surface area contributed by atoms with Crippen molar-refractivity contribution in [3.63, 3.8) is 0 Å². The second kappa shape index (κ2) is 6.89. The number of carboxylic acid groups (broad SMARTS) is 1. The maximum Gasteiger partial charge on any atom is 0.303 e. The van der Waals surface area contributed by atoms with Crippen molar-refractivity contribution in [3.8, 4) is 0 Å². The average molecular weight is 232 g/mol. The molecule has 2 heteroatoms. The molecule has 1 aromatic rings. The lowest BCUT2D eigenvalue weighted by Crippen LogP contribution is -1.97. The Morgan fingerprint density at radius 3 is 2.12 bits per heavy atom. The van der Waals surface area contributed by atoms with Gasteiger partial charge in [0.1, 0.15) is 0 Å². The smallest absolute Gasteiger partial charge is 0.303 e. The molecule has 2 nitrogen and oxygen atoms in total. The van der Waals surface area contributed by atoms with E-state index in [2.05, 4.69) is 32.1 Å². The van der Waals surface area contributed by atoms with Gasteiger partial charge in [-0.2, -0.15) is 0 Å². The lowest BCUT2D eigenvalue weighted by Gasteiger charge is -2.02. The van der Waals surface area contributed by atoms with Crippen LogP contribution in [0.5, 0.6) is 0 Å². The van der Waals surface area contributed by atoms with Gasteiger partial charge in [0.2, 0.25) is 0 Å². The first-order valence-corrected chi connectivity index (χ1v) is 6.01. The van der Waals surface area contributed by atoms with Gasteiger partial charge in [-0.25, -0.2) is 0 Å². The third-order valence-corrected chi connectivity index (χ3v) is 2.64. The van der Waals surface area contributed by atoms with Gasteiger partial charge >= 0.3 is 5.97 Å². The van der Waals surface area contributed by atoms with Crippen LogP contribution in [0.15, 0.2) is 35.9 Å². The van der Waals surface area contributed by atoms with E-state index in [-0.39, 0.29) is 6.42 Å². The van der Waals surface area contributed by atoms with Crippen LogP contribution in [-0.4, -0.2) is 11.1 Å². The van der Waals surface area contributed by atoms with E-state index in [0.29, 0.717) is 6.42 Å². The minimum Gasteiger partial charge on any atom is -0.481 e. The van der Waals surface area contributed by atoms with Gasteiger partial charge in [-0.3, -0.25) is 4.79 Å². The standard InChI is InChI=1S/C15H20O2/c1-12(2)4-3-5-13-6-8-14(9-7-13)10-11-15(16)17/h4,6-9H,3,5,10-11H2,1-2H3,(H,16,17). The first-order valence-electron chi connectivity index (χ1n) is 6.01. The van der Waals surface area contributed by atoms with Gasteiger partial charge in [0.15, 0.2) is 0 Å². The molecule has 0 amide bonds. The Bertz CT molecular complexity index is 384. The third-order valence-electron chi connectivity index (χ3n) is 2.64. The van der Waals surface area contributed by atoms with Crippen molar-refractivity contribution < 1.29 is 9.90 Å². The number of allylic oxidation sites excluding steroid dienone is 2. The van der Waals surface area contributed by atoms with E-state index in [0.717, 1.165) is 18.4 Å². The molecule has 0 aliphatic heterocycles. The molecule has 1 aromatic carbocycles. The lowest BCUT2D eigenvalue weighted by atomic mass is 10.0.